The second kappa shape index (κ2) is 7.85. The van der Waals surface area contributed by atoms with Gasteiger partial charge in [0.2, 0.25) is 5.91 Å². The molecule has 168 valence electrons. The zero-order valence-electron chi connectivity index (χ0n) is 18.6. The van der Waals surface area contributed by atoms with E-state index in [9.17, 15) is 9.18 Å². The fourth-order valence-corrected chi connectivity index (χ4v) is 5.29. The van der Waals surface area contributed by atoms with Gasteiger partial charge in [-0.05, 0) is 75.0 Å². The predicted molar refractivity (Wildman–Crippen MR) is 131 cm³/mol. The van der Waals surface area contributed by atoms with Crippen LogP contribution in [0.3, 0.4) is 0 Å². The van der Waals surface area contributed by atoms with Gasteiger partial charge < -0.3 is 15.4 Å². The molecule has 0 unspecified atom stereocenters. The number of fused-ring (bicyclic) bond motifs is 4. The molecular weight excluding hydrogens is 437 g/mol. The molecular formula is C26H24FN3O2S. The summed E-state index contributed by atoms with van der Waals surface area (Å²) in [4.78, 5) is 15.6. The molecule has 2 bridgehead atoms. The number of benzene rings is 3. The molecule has 1 fully saturated rings. The summed E-state index contributed by atoms with van der Waals surface area (Å²) in [5.41, 5.74) is 3.23. The Balaban J connectivity index is 1.61. The van der Waals surface area contributed by atoms with E-state index in [1.54, 1.807) is 17.0 Å². The SMILES string of the molecule is Cc1ccc(NC(=O)[C@H]2[C@@H]3NC(=S)N(c4ccc(F)cc4)[C@@]2(C)Oc2ccccc23)c(C)c1. The normalized spacial score (nSPS) is 23.3. The number of ether oxygens (including phenoxy) is 1. The Bertz CT molecular complexity index is 1260. The van der Waals surface area contributed by atoms with Crippen molar-refractivity contribution < 1.29 is 13.9 Å². The summed E-state index contributed by atoms with van der Waals surface area (Å²) in [5.74, 6) is -0.504. The number of carbonyl (C=O) groups is 1. The van der Waals surface area contributed by atoms with Gasteiger partial charge in [-0.25, -0.2) is 4.39 Å². The highest BCUT2D eigenvalue weighted by Crippen LogP contribution is 2.49. The smallest absolute Gasteiger partial charge is 0.236 e. The Morgan fingerprint density at radius 2 is 1.85 bits per heavy atom. The van der Waals surface area contributed by atoms with Gasteiger partial charge >= 0.3 is 0 Å². The summed E-state index contributed by atoms with van der Waals surface area (Å²) in [6.07, 6.45) is 0. The Hall–Kier alpha value is -3.45. The molecule has 2 heterocycles. The van der Waals surface area contributed by atoms with Gasteiger partial charge in [0, 0.05) is 16.9 Å². The second-order valence-corrected chi connectivity index (χ2v) is 9.11. The van der Waals surface area contributed by atoms with Crippen LogP contribution >= 0.6 is 12.2 Å². The van der Waals surface area contributed by atoms with Crippen molar-refractivity contribution >= 4 is 34.6 Å². The van der Waals surface area contributed by atoms with Gasteiger partial charge in [-0.1, -0.05) is 35.9 Å². The number of rotatable bonds is 3. The van der Waals surface area contributed by atoms with E-state index in [0.717, 1.165) is 22.4 Å². The lowest BCUT2D eigenvalue weighted by atomic mass is 9.78. The van der Waals surface area contributed by atoms with E-state index in [-0.39, 0.29) is 17.8 Å². The third kappa shape index (κ3) is 3.53. The Morgan fingerprint density at radius 3 is 2.58 bits per heavy atom. The van der Waals surface area contributed by atoms with Crippen molar-refractivity contribution in [2.24, 2.45) is 5.92 Å². The zero-order valence-corrected chi connectivity index (χ0v) is 19.4. The van der Waals surface area contributed by atoms with Gasteiger partial charge in [-0.2, -0.15) is 0 Å². The van der Waals surface area contributed by atoms with Crippen molar-refractivity contribution in [1.29, 1.82) is 0 Å². The lowest BCUT2D eigenvalue weighted by molar-refractivity contribution is -0.130. The highest BCUT2D eigenvalue weighted by molar-refractivity contribution is 7.80. The number of nitrogens with one attached hydrogen (secondary N) is 2. The van der Waals surface area contributed by atoms with E-state index in [1.165, 1.54) is 12.1 Å². The number of hydrogen-bond acceptors (Lipinski definition) is 3. The number of hydrogen-bond donors (Lipinski definition) is 2. The van der Waals surface area contributed by atoms with Gasteiger partial charge in [-0.3, -0.25) is 9.69 Å². The largest absolute Gasteiger partial charge is 0.467 e. The van der Waals surface area contributed by atoms with Gasteiger partial charge in [-0.15, -0.1) is 0 Å². The molecule has 0 aromatic heterocycles. The number of nitrogens with zero attached hydrogens (tertiary/aromatic N) is 1. The lowest BCUT2D eigenvalue weighted by Gasteiger charge is -2.56. The summed E-state index contributed by atoms with van der Waals surface area (Å²) in [7, 11) is 0. The lowest BCUT2D eigenvalue weighted by Crippen LogP contribution is -2.72. The third-order valence-electron chi connectivity index (χ3n) is 6.41. The van der Waals surface area contributed by atoms with Crippen molar-refractivity contribution in [2.75, 3.05) is 10.2 Å². The van der Waals surface area contributed by atoms with Crippen LogP contribution in [0.1, 0.15) is 29.7 Å². The summed E-state index contributed by atoms with van der Waals surface area (Å²) >= 11 is 5.71. The molecule has 0 radical (unpaired) electrons. The molecule has 1 saturated heterocycles. The molecule has 1 amide bonds. The highest BCUT2D eigenvalue weighted by atomic mass is 32.1. The van der Waals surface area contributed by atoms with Crippen LogP contribution in [0.15, 0.2) is 66.7 Å². The summed E-state index contributed by atoms with van der Waals surface area (Å²) < 4.78 is 20.2. The van der Waals surface area contributed by atoms with Gasteiger partial charge in [0.05, 0.1) is 6.04 Å². The molecule has 0 saturated carbocycles. The van der Waals surface area contributed by atoms with Crippen molar-refractivity contribution in [1.82, 2.24) is 5.32 Å². The zero-order chi connectivity index (χ0) is 23.3. The number of amides is 1. The molecule has 0 spiro atoms. The van der Waals surface area contributed by atoms with Crippen LogP contribution in [-0.2, 0) is 4.79 Å². The number of anilines is 2. The van der Waals surface area contributed by atoms with E-state index in [2.05, 4.69) is 10.6 Å². The number of thiocarbonyl (C=S) groups is 1. The van der Waals surface area contributed by atoms with Gasteiger partial charge in [0.15, 0.2) is 10.8 Å². The van der Waals surface area contributed by atoms with Crippen LogP contribution < -0.4 is 20.3 Å². The predicted octanol–water partition coefficient (Wildman–Crippen LogP) is 5.24. The number of para-hydroxylation sites is 1. The maximum absolute atomic E-state index is 13.8. The Labute approximate surface area is 197 Å². The van der Waals surface area contributed by atoms with Gasteiger partial charge in [0.25, 0.3) is 0 Å². The van der Waals surface area contributed by atoms with E-state index in [1.807, 2.05) is 63.2 Å². The first-order chi connectivity index (χ1) is 15.8. The summed E-state index contributed by atoms with van der Waals surface area (Å²) in [6.45, 7) is 5.84. The van der Waals surface area contributed by atoms with Crippen LogP contribution in [0.4, 0.5) is 15.8 Å². The molecule has 2 aliphatic rings. The first-order valence-electron chi connectivity index (χ1n) is 10.8. The van der Waals surface area contributed by atoms with E-state index < -0.39 is 11.6 Å². The standard InChI is InChI=1S/C26H24FN3O2S/c1-15-8-13-20(16(2)14-15)28-24(31)22-23-19-6-4-5-7-21(19)32-26(22,3)30(25(33)29-23)18-11-9-17(27)10-12-18/h4-14,22-23H,1-3H3,(H,28,31)(H,29,33)/t22-,23-,26+/m1/s1. The highest BCUT2D eigenvalue weighted by Gasteiger charge is 2.59. The molecule has 3 aromatic rings. The average Bonchev–Trinajstić information content (AvgIpc) is 2.76. The average molecular weight is 462 g/mol. The summed E-state index contributed by atoms with van der Waals surface area (Å²) in [5, 5.41) is 6.87. The molecule has 33 heavy (non-hydrogen) atoms. The van der Waals surface area contributed by atoms with E-state index in [4.69, 9.17) is 17.0 Å². The van der Waals surface area contributed by atoms with Crippen molar-refractivity contribution in [3.63, 3.8) is 0 Å². The van der Waals surface area contributed by atoms with Crippen LogP contribution in [0.25, 0.3) is 0 Å². The monoisotopic (exact) mass is 461 g/mol. The molecule has 5 nitrogen and oxygen atoms in total. The third-order valence-corrected chi connectivity index (χ3v) is 6.71. The molecule has 2 N–H and O–H groups in total. The molecule has 7 heteroatoms. The second-order valence-electron chi connectivity index (χ2n) is 8.72. The van der Waals surface area contributed by atoms with Crippen LogP contribution in [-0.4, -0.2) is 16.7 Å². The molecule has 2 aliphatic heterocycles. The number of aryl methyl sites for hydroxylation is 2. The van der Waals surface area contributed by atoms with Crippen LogP contribution in [0, 0.1) is 25.6 Å². The molecule has 0 aliphatic carbocycles. The molecule has 3 atom stereocenters. The first-order valence-corrected chi connectivity index (χ1v) is 11.2. The van der Waals surface area contributed by atoms with Crippen molar-refractivity contribution in [3.8, 4) is 5.75 Å². The van der Waals surface area contributed by atoms with Crippen molar-refractivity contribution in [2.45, 2.75) is 32.5 Å². The van der Waals surface area contributed by atoms with E-state index >= 15 is 0 Å². The fraction of sp³-hybridized carbons (Fsp3) is 0.231. The minimum atomic E-state index is -1.14. The topological polar surface area (TPSA) is 53.6 Å². The molecule has 3 aromatic carbocycles. The minimum absolute atomic E-state index is 0.189. The van der Waals surface area contributed by atoms with E-state index in [0.29, 0.717) is 16.5 Å². The molecule has 5 rings (SSSR count). The Morgan fingerprint density at radius 1 is 1.12 bits per heavy atom. The Kier molecular flexibility index (Phi) is 5.09. The van der Waals surface area contributed by atoms with Crippen LogP contribution in [0.5, 0.6) is 5.75 Å². The number of carbonyl (C=O) groups excluding carboxylic acids is 1. The van der Waals surface area contributed by atoms with Crippen LogP contribution in [0.2, 0.25) is 0 Å². The fourth-order valence-electron chi connectivity index (χ4n) is 4.87. The quantitative estimate of drug-likeness (QED) is 0.523. The number of halogens is 1. The maximum atomic E-state index is 13.8. The van der Waals surface area contributed by atoms with Crippen molar-refractivity contribution in [3.05, 3.63) is 89.2 Å². The maximum Gasteiger partial charge on any atom is 0.236 e. The van der Waals surface area contributed by atoms with Gasteiger partial charge in [0.1, 0.15) is 17.5 Å². The first kappa shape index (κ1) is 21.4. The summed E-state index contributed by atoms with van der Waals surface area (Å²) in [6, 6.07) is 19.2. The minimum Gasteiger partial charge on any atom is -0.467 e.